The number of halogens is 1. The van der Waals surface area contributed by atoms with Crippen LogP contribution in [0.4, 0.5) is 4.79 Å². The maximum absolute atomic E-state index is 12.5. The number of carbonyl (C=O) groups is 2. The number of rotatable bonds is 2. The van der Waals surface area contributed by atoms with E-state index in [0.717, 1.165) is 41.5 Å². The van der Waals surface area contributed by atoms with Crippen LogP contribution in [0.5, 0.6) is 0 Å². The molecule has 5 nitrogen and oxygen atoms in total. The number of hydrogen-bond acceptors (Lipinski definition) is 4. The number of ether oxygens (including phenoxy) is 1. The van der Waals surface area contributed by atoms with Gasteiger partial charge >= 0.3 is 6.09 Å². The Hall–Kier alpha value is -2.66. The molecule has 1 aliphatic carbocycles. The van der Waals surface area contributed by atoms with Crippen LogP contribution in [-0.4, -0.2) is 41.0 Å². The molecule has 0 saturated carbocycles. The van der Waals surface area contributed by atoms with Crippen molar-refractivity contribution < 1.29 is 14.3 Å². The number of nitrogens with zero attached hydrogens (tertiary/aromatic N) is 2. The molecule has 31 heavy (non-hydrogen) atoms. The average molecular weight is 439 g/mol. The van der Waals surface area contributed by atoms with E-state index in [4.69, 9.17) is 21.3 Å². The van der Waals surface area contributed by atoms with Crippen molar-refractivity contribution in [3.8, 4) is 0 Å². The Morgan fingerprint density at radius 2 is 1.97 bits per heavy atom. The first kappa shape index (κ1) is 21.6. The van der Waals surface area contributed by atoms with E-state index in [1.54, 1.807) is 11.1 Å². The maximum atomic E-state index is 12.5. The largest absolute Gasteiger partial charge is 0.444 e. The number of pyridine rings is 1. The lowest BCUT2D eigenvalue weighted by Gasteiger charge is -2.37. The van der Waals surface area contributed by atoms with Crippen molar-refractivity contribution >= 4 is 35.6 Å². The molecule has 1 aliphatic heterocycles. The number of carbonyl (C=O) groups excluding carboxylic acids is 2. The summed E-state index contributed by atoms with van der Waals surface area (Å²) in [6, 6.07) is 9.65. The number of hydrogen-bond donors (Lipinski definition) is 0. The molecule has 1 amide bonds. The van der Waals surface area contributed by atoms with Crippen molar-refractivity contribution in [2.75, 3.05) is 13.1 Å². The molecule has 6 heteroatoms. The molecule has 0 N–H and O–H groups in total. The van der Waals surface area contributed by atoms with Gasteiger partial charge in [-0.15, -0.1) is 0 Å². The molecule has 0 unspecified atom stereocenters. The minimum absolute atomic E-state index is 0.0259. The Bertz CT molecular complexity index is 1030. The minimum atomic E-state index is -0.507. The van der Waals surface area contributed by atoms with E-state index >= 15 is 0 Å². The Morgan fingerprint density at radius 1 is 1.23 bits per heavy atom. The van der Waals surface area contributed by atoms with Gasteiger partial charge in [0.05, 0.1) is 5.69 Å². The van der Waals surface area contributed by atoms with Gasteiger partial charge in [-0.25, -0.2) is 4.79 Å². The number of allylic oxidation sites excluding steroid dienone is 1. The van der Waals surface area contributed by atoms with Gasteiger partial charge in [-0.05, 0) is 80.5 Å². The van der Waals surface area contributed by atoms with E-state index in [9.17, 15) is 9.59 Å². The van der Waals surface area contributed by atoms with Gasteiger partial charge in [-0.3, -0.25) is 9.78 Å². The van der Waals surface area contributed by atoms with Gasteiger partial charge in [-0.1, -0.05) is 23.7 Å². The van der Waals surface area contributed by atoms with Crippen LogP contribution in [0.1, 0.15) is 61.9 Å². The summed E-state index contributed by atoms with van der Waals surface area (Å²) in [5.41, 5.74) is 3.96. The summed E-state index contributed by atoms with van der Waals surface area (Å²) in [5, 5.41) is 0.601. The van der Waals surface area contributed by atoms with Crippen molar-refractivity contribution in [3.05, 3.63) is 63.9 Å². The Morgan fingerprint density at radius 3 is 2.65 bits per heavy atom. The fourth-order valence-electron chi connectivity index (χ4n) is 4.57. The number of aldehydes is 1. The zero-order chi connectivity index (χ0) is 22.2. The second kappa shape index (κ2) is 8.46. The second-order valence-corrected chi connectivity index (χ2v) is 9.65. The quantitative estimate of drug-likeness (QED) is 0.575. The third-order valence-electron chi connectivity index (χ3n) is 5.93. The van der Waals surface area contributed by atoms with Gasteiger partial charge in [0.2, 0.25) is 0 Å². The van der Waals surface area contributed by atoms with Gasteiger partial charge in [0.1, 0.15) is 5.60 Å². The molecule has 1 atom stereocenters. The highest BCUT2D eigenvalue weighted by molar-refractivity contribution is 6.31. The van der Waals surface area contributed by atoms with Crippen molar-refractivity contribution in [1.29, 1.82) is 0 Å². The highest BCUT2D eigenvalue weighted by atomic mass is 35.5. The summed E-state index contributed by atoms with van der Waals surface area (Å²) in [4.78, 5) is 30.9. The van der Waals surface area contributed by atoms with E-state index < -0.39 is 5.60 Å². The monoisotopic (exact) mass is 438 g/mol. The fraction of sp³-hybridized carbons (Fsp3) is 0.400. The van der Waals surface area contributed by atoms with Crippen LogP contribution in [0.2, 0.25) is 5.02 Å². The summed E-state index contributed by atoms with van der Waals surface area (Å²) in [6.07, 6.45) is 6.00. The third-order valence-corrected chi connectivity index (χ3v) is 6.16. The van der Waals surface area contributed by atoms with Crippen molar-refractivity contribution in [2.45, 2.75) is 45.1 Å². The molecule has 1 fully saturated rings. The molecule has 162 valence electrons. The number of piperidine rings is 1. The zero-order valence-corrected chi connectivity index (χ0v) is 18.9. The summed E-state index contributed by atoms with van der Waals surface area (Å²) in [7, 11) is 0. The van der Waals surface area contributed by atoms with Crippen molar-refractivity contribution in [1.82, 2.24) is 9.88 Å². The van der Waals surface area contributed by atoms with Gasteiger partial charge in [0, 0.05) is 35.8 Å². The molecular weight excluding hydrogens is 412 g/mol. The van der Waals surface area contributed by atoms with Crippen LogP contribution in [0, 0.1) is 5.92 Å². The molecule has 1 aromatic carbocycles. The standard InChI is InChI=1S/C25H27ClN2O3/c1-25(2,3)31-24(30)28-11-8-16(9-12-28)22-20-7-6-19(26)14-21(20)18(15-29)13-17-5-4-10-27-23(17)22/h4-7,10,13-16,22H,8-9,11-12H2,1-3H3/t22-/m1/s1. The zero-order valence-electron chi connectivity index (χ0n) is 18.1. The summed E-state index contributed by atoms with van der Waals surface area (Å²) < 4.78 is 5.54. The van der Waals surface area contributed by atoms with E-state index in [-0.39, 0.29) is 17.9 Å². The Balaban J connectivity index is 1.67. The lowest BCUT2D eigenvalue weighted by molar-refractivity contribution is -0.103. The maximum Gasteiger partial charge on any atom is 0.410 e. The number of fused-ring (bicyclic) bond motifs is 2. The fourth-order valence-corrected chi connectivity index (χ4v) is 4.74. The molecule has 2 aliphatic rings. The minimum Gasteiger partial charge on any atom is -0.444 e. The van der Waals surface area contributed by atoms with E-state index in [2.05, 4.69) is 0 Å². The third kappa shape index (κ3) is 4.52. The number of aromatic nitrogens is 1. The topological polar surface area (TPSA) is 59.5 Å². The number of likely N-dealkylation sites (tertiary alicyclic amines) is 1. The molecule has 0 spiro atoms. The van der Waals surface area contributed by atoms with Gasteiger partial charge in [0.25, 0.3) is 0 Å². The predicted molar refractivity (Wildman–Crippen MR) is 122 cm³/mol. The highest BCUT2D eigenvalue weighted by Gasteiger charge is 2.36. The van der Waals surface area contributed by atoms with Gasteiger partial charge in [-0.2, -0.15) is 0 Å². The first-order valence-electron chi connectivity index (χ1n) is 10.7. The van der Waals surface area contributed by atoms with Crippen LogP contribution < -0.4 is 0 Å². The van der Waals surface area contributed by atoms with Crippen molar-refractivity contribution in [3.63, 3.8) is 0 Å². The Labute approximate surface area is 188 Å². The summed E-state index contributed by atoms with van der Waals surface area (Å²) in [6.45, 7) is 6.91. The van der Waals surface area contributed by atoms with Crippen LogP contribution in [0.15, 0.2) is 36.5 Å². The van der Waals surface area contributed by atoms with Gasteiger partial charge in [0.15, 0.2) is 6.29 Å². The lowest BCUT2D eigenvalue weighted by Crippen LogP contribution is -2.42. The Kier molecular flexibility index (Phi) is 5.89. The smallest absolute Gasteiger partial charge is 0.410 e. The highest BCUT2D eigenvalue weighted by Crippen LogP contribution is 2.44. The molecule has 2 aromatic rings. The number of benzene rings is 1. The number of amides is 1. The van der Waals surface area contributed by atoms with Crippen molar-refractivity contribution in [2.24, 2.45) is 5.92 Å². The first-order chi connectivity index (χ1) is 14.8. The summed E-state index contributed by atoms with van der Waals surface area (Å²) >= 11 is 6.29. The molecule has 1 aromatic heterocycles. The van der Waals surface area contributed by atoms with Gasteiger partial charge < -0.3 is 9.64 Å². The second-order valence-electron chi connectivity index (χ2n) is 9.21. The molecule has 0 bridgehead atoms. The normalized spacial score (nSPS) is 19.0. The first-order valence-corrected chi connectivity index (χ1v) is 11.0. The van der Waals surface area contributed by atoms with E-state index in [0.29, 0.717) is 23.7 Å². The van der Waals surface area contributed by atoms with Crippen LogP contribution in [0.3, 0.4) is 0 Å². The molecule has 1 saturated heterocycles. The SMILES string of the molecule is CC(C)(C)OC(=O)N1CCC([C@@H]2c3ccc(Cl)cc3C(C=O)=Cc3cccnc32)CC1. The molecule has 0 radical (unpaired) electrons. The lowest BCUT2D eigenvalue weighted by atomic mass is 9.76. The molecular formula is C25H27ClN2O3. The molecule has 4 rings (SSSR count). The van der Waals surface area contributed by atoms with Crippen LogP contribution in [0.25, 0.3) is 11.6 Å². The van der Waals surface area contributed by atoms with Crippen LogP contribution >= 0.6 is 11.6 Å². The summed E-state index contributed by atoms with van der Waals surface area (Å²) in [5.74, 6) is 0.310. The van der Waals surface area contributed by atoms with E-state index in [1.165, 1.54) is 0 Å². The predicted octanol–water partition coefficient (Wildman–Crippen LogP) is 5.57. The van der Waals surface area contributed by atoms with Crippen LogP contribution in [-0.2, 0) is 9.53 Å². The molecule has 2 heterocycles. The van der Waals surface area contributed by atoms with E-state index in [1.807, 2.05) is 57.2 Å². The average Bonchev–Trinajstić information content (AvgIpc) is 2.86.